The maximum atomic E-state index is 5.73. The molecule has 0 unspecified atom stereocenters. The van der Waals surface area contributed by atoms with Gasteiger partial charge in [0.25, 0.3) is 0 Å². The Kier molecular flexibility index (Phi) is 3.46. The predicted molar refractivity (Wildman–Crippen MR) is 56.1 cm³/mol. The van der Waals surface area contributed by atoms with Crippen LogP contribution >= 0.6 is 0 Å². The van der Waals surface area contributed by atoms with E-state index in [1.807, 2.05) is 31.2 Å². The number of hydrogen-bond acceptors (Lipinski definition) is 3. The third-order valence-corrected chi connectivity index (χ3v) is 1.71. The zero-order valence-corrected chi connectivity index (χ0v) is 7.83. The van der Waals surface area contributed by atoms with Crippen LogP contribution in [0.15, 0.2) is 18.2 Å². The Morgan fingerprint density at radius 1 is 1.46 bits per heavy atom. The van der Waals surface area contributed by atoms with Gasteiger partial charge in [-0.1, -0.05) is 6.08 Å². The number of nitrogen functional groups attached to an aromatic ring is 1. The van der Waals surface area contributed by atoms with Crippen molar-refractivity contribution in [2.45, 2.75) is 13.3 Å². The predicted octanol–water partition coefficient (Wildman–Crippen LogP) is 1.33. The quantitative estimate of drug-likeness (QED) is 0.732. The van der Waals surface area contributed by atoms with Gasteiger partial charge >= 0.3 is 0 Å². The van der Waals surface area contributed by atoms with Crippen LogP contribution in [0.2, 0.25) is 0 Å². The van der Waals surface area contributed by atoms with Crippen molar-refractivity contribution in [1.29, 1.82) is 0 Å². The zero-order valence-electron chi connectivity index (χ0n) is 7.83. The van der Waals surface area contributed by atoms with Crippen molar-refractivity contribution in [3.05, 3.63) is 29.6 Å². The minimum atomic E-state index is 0.655. The van der Waals surface area contributed by atoms with Crippen LogP contribution in [0.5, 0.6) is 0 Å². The minimum Gasteiger partial charge on any atom is -0.397 e. The first kappa shape index (κ1) is 9.74. The van der Waals surface area contributed by atoms with Crippen LogP contribution in [-0.4, -0.2) is 11.5 Å². The van der Waals surface area contributed by atoms with Crippen LogP contribution in [0, 0.1) is 6.92 Å². The summed E-state index contributed by atoms with van der Waals surface area (Å²) in [4.78, 5) is 4.29. The van der Waals surface area contributed by atoms with Crippen LogP contribution in [-0.2, 0) is 0 Å². The number of nitrogens with two attached hydrogens (primary N) is 2. The first-order chi connectivity index (χ1) is 6.24. The summed E-state index contributed by atoms with van der Waals surface area (Å²) in [6.07, 6.45) is 4.75. The van der Waals surface area contributed by atoms with Crippen molar-refractivity contribution in [3.8, 4) is 0 Å². The maximum absolute atomic E-state index is 5.73. The number of rotatable bonds is 3. The number of aryl methyl sites for hydroxylation is 1. The summed E-state index contributed by atoms with van der Waals surface area (Å²) < 4.78 is 0. The number of hydrogen-bond donors (Lipinski definition) is 2. The van der Waals surface area contributed by atoms with Gasteiger partial charge in [0.2, 0.25) is 0 Å². The monoisotopic (exact) mass is 177 g/mol. The lowest BCUT2D eigenvalue weighted by Gasteiger charge is -2.00. The fraction of sp³-hybridized carbons (Fsp3) is 0.300. The van der Waals surface area contributed by atoms with Crippen LogP contribution in [0.3, 0.4) is 0 Å². The van der Waals surface area contributed by atoms with E-state index in [1.165, 1.54) is 0 Å². The van der Waals surface area contributed by atoms with Gasteiger partial charge in [-0.3, -0.25) is 4.98 Å². The van der Waals surface area contributed by atoms with Gasteiger partial charge in [-0.15, -0.1) is 0 Å². The van der Waals surface area contributed by atoms with E-state index in [9.17, 15) is 0 Å². The van der Waals surface area contributed by atoms with E-state index in [-0.39, 0.29) is 0 Å². The molecule has 0 amide bonds. The Morgan fingerprint density at radius 2 is 2.23 bits per heavy atom. The van der Waals surface area contributed by atoms with Gasteiger partial charge in [0.05, 0.1) is 11.4 Å². The molecule has 0 saturated carbocycles. The fourth-order valence-electron chi connectivity index (χ4n) is 1.01. The molecular formula is C10H15N3. The van der Waals surface area contributed by atoms with Crippen molar-refractivity contribution in [3.63, 3.8) is 0 Å². The SMILES string of the molecule is Cc1ccc(N)c(C=CCCN)n1. The summed E-state index contributed by atoms with van der Waals surface area (Å²) in [5.74, 6) is 0. The van der Waals surface area contributed by atoms with E-state index in [2.05, 4.69) is 4.98 Å². The van der Waals surface area contributed by atoms with E-state index in [4.69, 9.17) is 11.5 Å². The molecule has 0 bridgehead atoms. The fourth-order valence-corrected chi connectivity index (χ4v) is 1.01. The Bertz CT molecular complexity index is 305. The van der Waals surface area contributed by atoms with Gasteiger partial charge < -0.3 is 11.5 Å². The molecule has 3 heteroatoms. The number of nitrogens with zero attached hydrogens (tertiary/aromatic N) is 1. The van der Waals surface area contributed by atoms with Gasteiger partial charge in [0.1, 0.15) is 0 Å². The second kappa shape index (κ2) is 4.62. The molecule has 0 saturated heterocycles. The summed E-state index contributed by atoms with van der Waals surface area (Å²) in [6, 6.07) is 3.76. The smallest absolute Gasteiger partial charge is 0.0858 e. The highest BCUT2D eigenvalue weighted by molar-refractivity contribution is 5.60. The Morgan fingerprint density at radius 3 is 2.92 bits per heavy atom. The molecule has 0 aromatic carbocycles. The molecule has 1 aromatic heterocycles. The molecule has 3 nitrogen and oxygen atoms in total. The molecule has 13 heavy (non-hydrogen) atoms. The summed E-state index contributed by atoms with van der Waals surface area (Å²) >= 11 is 0. The molecule has 1 heterocycles. The van der Waals surface area contributed by atoms with Crippen molar-refractivity contribution >= 4 is 11.8 Å². The Balaban J connectivity index is 2.81. The van der Waals surface area contributed by atoms with Gasteiger partial charge in [0.15, 0.2) is 0 Å². The topological polar surface area (TPSA) is 64.9 Å². The molecule has 0 atom stereocenters. The summed E-state index contributed by atoms with van der Waals surface area (Å²) in [7, 11) is 0. The van der Waals surface area contributed by atoms with Crippen molar-refractivity contribution in [2.24, 2.45) is 5.73 Å². The molecule has 70 valence electrons. The van der Waals surface area contributed by atoms with Crippen LogP contribution in [0.1, 0.15) is 17.8 Å². The second-order valence-corrected chi connectivity index (χ2v) is 2.91. The molecule has 0 radical (unpaired) electrons. The number of aromatic nitrogens is 1. The zero-order chi connectivity index (χ0) is 9.68. The van der Waals surface area contributed by atoms with Crippen LogP contribution < -0.4 is 11.5 Å². The third kappa shape index (κ3) is 2.87. The largest absolute Gasteiger partial charge is 0.397 e. The summed E-state index contributed by atoms with van der Waals surface area (Å²) in [5, 5.41) is 0. The minimum absolute atomic E-state index is 0.655. The number of pyridine rings is 1. The van der Waals surface area contributed by atoms with Crippen molar-refractivity contribution < 1.29 is 0 Å². The average molecular weight is 177 g/mol. The molecule has 0 aliphatic heterocycles. The number of anilines is 1. The molecule has 4 N–H and O–H groups in total. The standard InChI is InChI=1S/C10H15N3/c1-8-5-6-9(12)10(13-8)4-2-3-7-11/h2,4-6H,3,7,11-12H2,1H3. The lowest BCUT2D eigenvalue weighted by molar-refractivity contribution is 1.01. The van der Waals surface area contributed by atoms with Crippen LogP contribution in [0.25, 0.3) is 6.08 Å². The Hall–Kier alpha value is -1.35. The van der Waals surface area contributed by atoms with E-state index in [0.717, 1.165) is 17.8 Å². The molecule has 0 fully saturated rings. The van der Waals surface area contributed by atoms with E-state index in [1.54, 1.807) is 0 Å². The molecule has 0 aliphatic carbocycles. The third-order valence-electron chi connectivity index (χ3n) is 1.71. The van der Waals surface area contributed by atoms with E-state index < -0.39 is 0 Å². The van der Waals surface area contributed by atoms with Gasteiger partial charge in [0, 0.05) is 5.69 Å². The van der Waals surface area contributed by atoms with Gasteiger partial charge in [-0.05, 0) is 38.1 Å². The molecule has 0 spiro atoms. The van der Waals surface area contributed by atoms with Crippen molar-refractivity contribution in [1.82, 2.24) is 4.98 Å². The normalized spacial score (nSPS) is 10.9. The van der Waals surface area contributed by atoms with Crippen LogP contribution in [0.4, 0.5) is 5.69 Å². The molecule has 1 rings (SSSR count). The van der Waals surface area contributed by atoms with E-state index in [0.29, 0.717) is 12.2 Å². The second-order valence-electron chi connectivity index (χ2n) is 2.91. The maximum Gasteiger partial charge on any atom is 0.0858 e. The Labute approximate surface area is 78.5 Å². The molecule has 1 aromatic rings. The lowest BCUT2D eigenvalue weighted by atomic mass is 10.2. The lowest BCUT2D eigenvalue weighted by Crippen LogP contribution is -1.96. The molecule has 0 aliphatic rings. The summed E-state index contributed by atoms with van der Waals surface area (Å²) in [6.45, 7) is 2.60. The summed E-state index contributed by atoms with van der Waals surface area (Å²) in [5.41, 5.74) is 13.6. The van der Waals surface area contributed by atoms with Gasteiger partial charge in [-0.2, -0.15) is 0 Å². The van der Waals surface area contributed by atoms with Crippen molar-refractivity contribution in [2.75, 3.05) is 12.3 Å². The van der Waals surface area contributed by atoms with E-state index >= 15 is 0 Å². The van der Waals surface area contributed by atoms with Gasteiger partial charge in [-0.25, -0.2) is 0 Å². The highest BCUT2D eigenvalue weighted by Crippen LogP contribution is 2.11. The first-order valence-electron chi connectivity index (χ1n) is 4.34. The molecular weight excluding hydrogens is 162 g/mol. The first-order valence-corrected chi connectivity index (χ1v) is 4.34. The average Bonchev–Trinajstić information content (AvgIpc) is 2.11. The highest BCUT2D eigenvalue weighted by Gasteiger charge is 1.95. The highest BCUT2D eigenvalue weighted by atomic mass is 14.7.